The average molecular weight is 852 g/mol. The smallest absolute Gasteiger partial charge is 0.413 e. The van der Waals surface area contributed by atoms with Gasteiger partial charge < -0.3 is 14.2 Å². The van der Waals surface area contributed by atoms with E-state index < -0.39 is 97.5 Å². The fourth-order valence-electron chi connectivity index (χ4n) is 6.91. The van der Waals surface area contributed by atoms with Gasteiger partial charge in [0, 0.05) is 12.6 Å². The van der Waals surface area contributed by atoms with E-state index in [1.165, 1.54) is 0 Å². The van der Waals surface area contributed by atoms with E-state index in [-0.39, 0.29) is 25.1 Å². The molecule has 1 heterocycles. The molecule has 4 aromatic carbocycles. The summed E-state index contributed by atoms with van der Waals surface area (Å²) in [5, 5.41) is 3.40. The van der Waals surface area contributed by atoms with Crippen LogP contribution in [0.1, 0.15) is 60.6 Å². The van der Waals surface area contributed by atoms with E-state index in [9.17, 15) is 52.7 Å². The van der Waals surface area contributed by atoms with Gasteiger partial charge in [-0.25, -0.2) is 0 Å². The van der Waals surface area contributed by atoms with Crippen LogP contribution >= 0.6 is 0 Å². The minimum atomic E-state index is -5.44. The van der Waals surface area contributed by atoms with Gasteiger partial charge in [0.15, 0.2) is 8.32 Å². The number of nitrogens with one attached hydrogen (secondary N) is 1. The number of benzene rings is 4. The van der Waals surface area contributed by atoms with E-state index in [0.29, 0.717) is 34.6 Å². The number of hydrogen-bond donors (Lipinski definition) is 1. The maximum Gasteiger partial charge on any atom is 0.416 e. The van der Waals surface area contributed by atoms with Gasteiger partial charge in [-0.3, -0.25) is 0 Å². The van der Waals surface area contributed by atoms with Crippen LogP contribution in [0.25, 0.3) is 0 Å². The van der Waals surface area contributed by atoms with E-state index in [1.54, 1.807) is 67.2 Å². The third-order valence-electron chi connectivity index (χ3n) is 10.9. The minimum Gasteiger partial charge on any atom is -0.413 e. The van der Waals surface area contributed by atoms with Crippen LogP contribution < -0.4 is 15.7 Å². The average Bonchev–Trinajstić information content (AvgIpc) is 3.57. The Bertz CT molecular complexity index is 1840. The molecule has 0 radical (unpaired) electrons. The highest BCUT2D eigenvalue weighted by Crippen LogP contribution is 2.50. The van der Waals surface area contributed by atoms with Gasteiger partial charge in [-0.15, -0.1) is 0 Å². The summed E-state index contributed by atoms with van der Waals surface area (Å²) in [5.41, 5.74) is -12.1. The van der Waals surface area contributed by atoms with Crippen LogP contribution in [0.5, 0.6) is 0 Å². The summed E-state index contributed by atoms with van der Waals surface area (Å²) >= 11 is 0. The molecule has 0 unspecified atom stereocenters. The van der Waals surface area contributed by atoms with Crippen molar-refractivity contribution in [3.63, 3.8) is 0 Å². The summed E-state index contributed by atoms with van der Waals surface area (Å²) in [6.07, 6.45) is -22.9. The summed E-state index contributed by atoms with van der Waals surface area (Å²) < 4.78 is 189. The van der Waals surface area contributed by atoms with Crippen LogP contribution in [0.15, 0.2) is 97.1 Å². The van der Waals surface area contributed by atoms with Crippen LogP contribution in [0.3, 0.4) is 0 Å². The molecule has 0 aliphatic carbocycles. The lowest BCUT2D eigenvalue weighted by molar-refractivity contribution is -0.144. The highest BCUT2D eigenvalue weighted by atomic mass is 28.4. The van der Waals surface area contributed by atoms with Crippen LogP contribution in [0, 0.1) is 0 Å². The first-order valence-corrected chi connectivity index (χ1v) is 23.1. The van der Waals surface area contributed by atoms with Crippen molar-refractivity contribution in [2.75, 3.05) is 6.54 Å². The number of alkyl halides is 12. The van der Waals surface area contributed by atoms with Gasteiger partial charge >= 0.3 is 24.7 Å². The molecule has 1 aliphatic rings. The second-order valence-electron chi connectivity index (χ2n) is 15.9. The lowest BCUT2D eigenvalue weighted by atomic mass is 9.77. The zero-order valence-corrected chi connectivity index (χ0v) is 33.7. The summed E-state index contributed by atoms with van der Waals surface area (Å²) in [4.78, 5) is 0. The van der Waals surface area contributed by atoms with Crippen molar-refractivity contribution >= 4 is 27.0 Å². The first-order valence-electron chi connectivity index (χ1n) is 17.8. The van der Waals surface area contributed by atoms with E-state index in [2.05, 4.69) is 5.32 Å². The van der Waals surface area contributed by atoms with Crippen LogP contribution in [0.2, 0.25) is 24.7 Å². The molecule has 4 aromatic rings. The molecular formula is C40H41F12NO2Si2. The summed E-state index contributed by atoms with van der Waals surface area (Å²) in [6, 6.07) is 15.3. The Morgan fingerprint density at radius 2 is 0.860 bits per heavy atom. The Labute approximate surface area is 324 Å². The maximum absolute atomic E-state index is 14.6. The quantitative estimate of drug-likeness (QED) is 0.134. The van der Waals surface area contributed by atoms with Gasteiger partial charge in [0.1, 0.15) is 5.60 Å². The van der Waals surface area contributed by atoms with E-state index >= 15 is 0 Å². The molecule has 57 heavy (non-hydrogen) atoms. The fraction of sp³-hybridized carbons (Fsp3) is 0.400. The number of halogens is 12. The van der Waals surface area contributed by atoms with Gasteiger partial charge in [-0.05, 0) is 89.0 Å². The zero-order chi connectivity index (χ0) is 42.6. The zero-order valence-electron chi connectivity index (χ0n) is 31.7. The summed E-state index contributed by atoms with van der Waals surface area (Å²) in [7, 11) is -6.79. The molecule has 3 nitrogen and oxygen atoms in total. The highest BCUT2D eigenvalue weighted by Gasteiger charge is 2.55. The normalized spacial score (nSPS) is 17.9. The molecule has 5 rings (SSSR count). The van der Waals surface area contributed by atoms with Crippen molar-refractivity contribution in [2.45, 2.75) is 94.3 Å². The Hall–Kier alpha value is -3.65. The topological polar surface area (TPSA) is 30.5 Å². The van der Waals surface area contributed by atoms with Gasteiger partial charge in [0.25, 0.3) is 8.32 Å². The Morgan fingerprint density at radius 3 is 1.18 bits per heavy atom. The monoisotopic (exact) mass is 851 g/mol. The molecule has 1 N–H and O–H groups in total. The standard InChI is InChI=1S/C40H41F12NO2Si2/c1-35(2,3)56(4,5)54-31-23-34(53-24-31)36(25-17-27(37(41,42)43)21-28(18-25)38(44,45)46,26-19-29(39(47,48)49)22-30(20-26)40(50,51)52)55-57(6,32-13-9-7-10-14-32)33-15-11-8-12-16-33/h7-22,31,34,53H,23-24H2,1-6H3/t31-,34-/m0/s1. The highest BCUT2D eigenvalue weighted by molar-refractivity contribution is 6.96. The van der Waals surface area contributed by atoms with Crippen molar-refractivity contribution in [2.24, 2.45) is 0 Å². The molecule has 310 valence electrons. The van der Waals surface area contributed by atoms with Crippen LogP contribution in [0.4, 0.5) is 52.7 Å². The molecule has 0 saturated carbocycles. The predicted molar refractivity (Wildman–Crippen MR) is 197 cm³/mol. The van der Waals surface area contributed by atoms with E-state index in [4.69, 9.17) is 8.85 Å². The van der Waals surface area contributed by atoms with Crippen molar-refractivity contribution in [3.05, 3.63) is 130 Å². The Balaban J connectivity index is 1.99. The van der Waals surface area contributed by atoms with E-state index in [1.807, 2.05) is 33.9 Å². The molecule has 1 aliphatic heterocycles. The van der Waals surface area contributed by atoms with Crippen molar-refractivity contribution in [1.29, 1.82) is 0 Å². The largest absolute Gasteiger partial charge is 0.416 e. The third-order valence-corrected chi connectivity index (χ3v) is 19.0. The van der Waals surface area contributed by atoms with Crippen molar-refractivity contribution in [3.8, 4) is 0 Å². The number of rotatable bonds is 9. The first-order chi connectivity index (χ1) is 26.0. The summed E-state index contributed by atoms with van der Waals surface area (Å²) in [6.45, 7) is 11.0. The molecule has 2 atom stereocenters. The Morgan fingerprint density at radius 1 is 0.526 bits per heavy atom. The second-order valence-corrected chi connectivity index (χ2v) is 24.1. The van der Waals surface area contributed by atoms with Crippen molar-refractivity contribution in [1.82, 2.24) is 5.32 Å². The molecule has 0 aromatic heterocycles. The fourth-order valence-corrected chi connectivity index (χ4v) is 11.5. The molecule has 0 bridgehead atoms. The minimum absolute atomic E-state index is 0.104. The number of hydrogen-bond acceptors (Lipinski definition) is 3. The first kappa shape index (κ1) is 44.5. The van der Waals surface area contributed by atoms with Gasteiger partial charge in [-0.1, -0.05) is 81.4 Å². The molecule has 0 spiro atoms. The molecule has 17 heteroatoms. The van der Waals surface area contributed by atoms with Gasteiger partial charge in [-0.2, -0.15) is 52.7 Å². The predicted octanol–water partition coefficient (Wildman–Crippen LogP) is 11.2. The lowest BCUT2D eigenvalue weighted by Crippen LogP contribution is -2.65. The maximum atomic E-state index is 14.6. The second kappa shape index (κ2) is 15.2. The van der Waals surface area contributed by atoms with Crippen LogP contribution in [-0.2, 0) is 39.2 Å². The molecule has 1 fully saturated rings. The SMILES string of the molecule is CC(C)(C)[Si](C)(C)O[C@@H]1CN[C@H](C(O[Si](C)(c2ccccc2)c2ccccc2)(c2cc(C(F)(F)F)cc(C(F)(F)F)c2)c2cc(C(F)(F)F)cc(C(F)(F)F)c2)C1. The van der Waals surface area contributed by atoms with Gasteiger partial charge in [0.2, 0.25) is 0 Å². The third kappa shape index (κ3) is 9.32. The molecular weight excluding hydrogens is 811 g/mol. The van der Waals surface area contributed by atoms with Crippen LogP contribution in [-0.4, -0.2) is 35.3 Å². The Kier molecular flexibility index (Phi) is 11.8. The molecule has 1 saturated heterocycles. The lowest BCUT2D eigenvalue weighted by Gasteiger charge is -2.47. The summed E-state index contributed by atoms with van der Waals surface area (Å²) in [5.74, 6) is 0. The van der Waals surface area contributed by atoms with Gasteiger partial charge in [0.05, 0.1) is 28.4 Å². The van der Waals surface area contributed by atoms with Crippen molar-refractivity contribution < 1.29 is 61.5 Å². The van der Waals surface area contributed by atoms with E-state index in [0.717, 1.165) is 0 Å². The molecule has 0 amide bonds.